The van der Waals surface area contributed by atoms with Crippen molar-refractivity contribution >= 4 is 33.4 Å². The van der Waals surface area contributed by atoms with Crippen molar-refractivity contribution in [2.75, 3.05) is 18.5 Å². The minimum atomic E-state index is -0.0768. The third-order valence-electron chi connectivity index (χ3n) is 4.61. The van der Waals surface area contributed by atoms with Gasteiger partial charge in [-0.25, -0.2) is 0 Å². The number of hydrogen-bond acceptors (Lipinski definition) is 3. The molecule has 0 saturated carbocycles. The molecule has 1 amide bonds. The van der Waals surface area contributed by atoms with Gasteiger partial charge in [0.2, 0.25) is 5.91 Å². The minimum Gasteiger partial charge on any atom is -0.492 e. The normalized spacial score (nSPS) is 11.0. The summed E-state index contributed by atoms with van der Waals surface area (Å²) in [6.07, 6.45) is 0. The van der Waals surface area contributed by atoms with E-state index in [2.05, 4.69) is 33.8 Å². The summed E-state index contributed by atoms with van der Waals surface area (Å²) < 4.78 is 5.88. The molecule has 0 spiro atoms. The van der Waals surface area contributed by atoms with Crippen LogP contribution in [-0.4, -0.2) is 24.0 Å². The lowest BCUT2D eigenvalue weighted by Crippen LogP contribution is -2.20. The van der Waals surface area contributed by atoms with Gasteiger partial charge < -0.3 is 20.4 Å². The van der Waals surface area contributed by atoms with Gasteiger partial charge in [0.25, 0.3) is 0 Å². The number of fused-ring (bicyclic) bond motifs is 3. The third kappa shape index (κ3) is 4.15. The van der Waals surface area contributed by atoms with E-state index in [-0.39, 0.29) is 5.91 Å². The number of nitrogens with one attached hydrogen (secondary N) is 3. The van der Waals surface area contributed by atoms with E-state index in [1.54, 1.807) is 0 Å². The third-order valence-corrected chi connectivity index (χ3v) is 4.61. The maximum atomic E-state index is 11.3. The van der Waals surface area contributed by atoms with Gasteiger partial charge in [0.1, 0.15) is 12.4 Å². The van der Waals surface area contributed by atoms with Crippen molar-refractivity contribution in [2.24, 2.45) is 0 Å². The second-order valence-electron chi connectivity index (χ2n) is 6.78. The highest BCUT2D eigenvalue weighted by Gasteiger charge is 2.07. The second-order valence-corrected chi connectivity index (χ2v) is 6.78. The molecule has 0 aliphatic carbocycles. The van der Waals surface area contributed by atoms with Gasteiger partial charge in [0.05, 0.1) is 5.52 Å². The minimum absolute atomic E-state index is 0.0768. The summed E-state index contributed by atoms with van der Waals surface area (Å²) in [6.45, 7) is 3.72. The molecule has 3 N–H and O–H groups in total. The summed E-state index contributed by atoms with van der Waals surface area (Å²) in [7, 11) is 0. The van der Waals surface area contributed by atoms with Gasteiger partial charge in [-0.1, -0.05) is 36.4 Å². The Morgan fingerprint density at radius 1 is 0.964 bits per heavy atom. The molecule has 0 bridgehead atoms. The van der Waals surface area contributed by atoms with Crippen molar-refractivity contribution in [3.8, 4) is 5.75 Å². The summed E-state index contributed by atoms with van der Waals surface area (Å²) in [5.41, 5.74) is 4.06. The maximum absolute atomic E-state index is 11.3. The van der Waals surface area contributed by atoms with E-state index < -0.39 is 0 Å². The Morgan fingerprint density at radius 3 is 2.50 bits per heavy atom. The predicted octanol–water partition coefficient (Wildman–Crippen LogP) is 4.45. The molecule has 0 fully saturated rings. The quantitative estimate of drug-likeness (QED) is 0.419. The number of carbonyl (C=O) groups excluding carboxylic acids is 1. The first kappa shape index (κ1) is 18.1. The van der Waals surface area contributed by atoms with Gasteiger partial charge in [-0.2, -0.15) is 0 Å². The summed E-state index contributed by atoms with van der Waals surface area (Å²) in [4.78, 5) is 14.7. The zero-order chi connectivity index (χ0) is 19.3. The Bertz CT molecular complexity index is 1100. The number of aromatic amines is 1. The van der Waals surface area contributed by atoms with E-state index in [9.17, 15) is 4.79 Å². The second kappa shape index (κ2) is 8.15. The molecule has 142 valence electrons. The van der Waals surface area contributed by atoms with Crippen molar-refractivity contribution < 1.29 is 9.53 Å². The maximum Gasteiger partial charge on any atom is 0.221 e. The number of anilines is 1. The highest BCUT2D eigenvalue weighted by atomic mass is 16.5. The molecule has 0 radical (unpaired) electrons. The fourth-order valence-corrected chi connectivity index (χ4v) is 3.33. The molecule has 0 atom stereocenters. The zero-order valence-corrected chi connectivity index (χ0v) is 15.8. The molecule has 0 aliphatic heterocycles. The van der Waals surface area contributed by atoms with Crippen LogP contribution in [0.15, 0.2) is 66.7 Å². The van der Waals surface area contributed by atoms with Crippen LogP contribution in [0.5, 0.6) is 5.75 Å². The van der Waals surface area contributed by atoms with Crippen molar-refractivity contribution in [1.82, 2.24) is 10.3 Å². The van der Waals surface area contributed by atoms with Gasteiger partial charge in [0, 0.05) is 48.1 Å². The summed E-state index contributed by atoms with van der Waals surface area (Å²) >= 11 is 0. The van der Waals surface area contributed by atoms with E-state index in [1.807, 2.05) is 48.5 Å². The Kier molecular flexibility index (Phi) is 5.26. The van der Waals surface area contributed by atoms with Crippen molar-refractivity contribution in [2.45, 2.75) is 13.5 Å². The molecule has 1 aromatic heterocycles. The summed E-state index contributed by atoms with van der Waals surface area (Å²) in [5, 5.41) is 8.46. The predicted molar refractivity (Wildman–Crippen MR) is 114 cm³/mol. The van der Waals surface area contributed by atoms with Crippen molar-refractivity contribution in [1.29, 1.82) is 0 Å². The number of aromatic nitrogens is 1. The lowest BCUT2D eigenvalue weighted by atomic mass is 10.1. The van der Waals surface area contributed by atoms with E-state index in [4.69, 9.17) is 4.74 Å². The van der Waals surface area contributed by atoms with Crippen molar-refractivity contribution in [3.05, 3.63) is 72.3 Å². The van der Waals surface area contributed by atoms with Crippen LogP contribution in [0.2, 0.25) is 0 Å². The molecule has 0 saturated heterocycles. The van der Waals surface area contributed by atoms with Crippen LogP contribution in [0.3, 0.4) is 0 Å². The molecule has 5 nitrogen and oxygen atoms in total. The van der Waals surface area contributed by atoms with E-state index in [0.29, 0.717) is 6.61 Å². The van der Waals surface area contributed by atoms with Gasteiger partial charge in [0.15, 0.2) is 0 Å². The first-order valence-corrected chi connectivity index (χ1v) is 9.39. The van der Waals surface area contributed by atoms with Crippen LogP contribution in [0.4, 0.5) is 5.69 Å². The molecular formula is C23H23N3O2. The highest BCUT2D eigenvalue weighted by Crippen LogP contribution is 2.30. The summed E-state index contributed by atoms with van der Waals surface area (Å²) in [6, 6.07) is 22.3. The fourth-order valence-electron chi connectivity index (χ4n) is 3.33. The molecule has 0 unspecified atom stereocenters. The number of amides is 1. The summed E-state index contributed by atoms with van der Waals surface area (Å²) in [5.74, 6) is 0.759. The Balaban J connectivity index is 1.39. The first-order chi connectivity index (χ1) is 13.7. The average Bonchev–Trinajstić information content (AvgIpc) is 3.05. The molecular weight excluding hydrogens is 350 g/mol. The van der Waals surface area contributed by atoms with Crippen LogP contribution in [0.1, 0.15) is 12.5 Å². The molecule has 4 rings (SSSR count). The fraction of sp³-hybridized carbons (Fsp3) is 0.174. The highest BCUT2D eigenvalue weighted by molar-refractivity contribution is 6.08. The number of H-pyrrole nitrogens is 1. The Morgan fingerprint density at radius 2 is 1.71 bits per heavy atom. The standard InChI is InChI=1S/C23H23N3O2/c1-16(27)25-18-7-9-20-21-10-8-19(14-23(21)26-22(20)13-18)28-12-11-24-15-17-5-3-2-4-6-17/h2-10,13-14,24,26H,11-12,15H2,1H3,(H,25,27). The largest absolute Gasteiger partial charge is 0.492 e. The monoisotopic (exact) mass is 373 g/mol. The van der Waals surface area contributed by atoms with Gasteiger partial charge in [-0.3, -0.25) is 4.79 Å². The molecule has 0 aliphatic rings. The van der Waals surface area contributed by atoms with Gasteiger partial charge >= 0.3 is 0 Å². The van der Waals surface area contributed by atoms with E-state index in [0.717, 1.165) is 46.3 Å². The van der Waals surface area contributed by atoms with Crippen LogP contribution in [0, 0.1) is 0 Å². The number of hydrogen-bond donors (Lipinski definition) is 3. The molecule has 28 heavy (non-hydrogen) atoms. The average molecular weight is 373 g/mol. The lowest BCUT2D eigenvalue weighted by molar-refractivity contribution is -0.114. The molecule has 4 aromatic rings. The Hall–Kier alpha value is -3.31. The number of rotatable bonds is 7. The number of ether oxygens (including phenoxy) is 1. The van der Waals surface area contributed by atoms with Crippen LogP contribution < -0.4 is 15.4 Å². The smallest absolute Gasteiger partial charge is 0.221 e. The van der Waals surface area contributed by atoms with Crippen LogP contribution in [0.25, 0.3) is 21.8 Å². The van der Waals surface area contributed by atoms with Crippen molar-refractivity contribution in [3.63, 3.8) is 0 Å². The van der Waals surface area contributed by atoms with Crippen LogP contribution >= 0.6 is 0 Å². The number of carbonyl (C=O) groups is 1. The molecule has 5 heteroatoms. The van der Waals surface area contributed by atoms with E-state index in [1.165, 1.54) is 12.5 Å². The number of benzene rings is 3. The van der Waals surface area contributed by atoms with Gasteiger partial charge in [-0.05, 0) is 29.8 Å². The SMILES string of the molecule is CC(=O)Nc1ccc2c(c1)[nH]c1cc(OCCNCc3ccccc3)ccc12. The molecule has 1 heterocycles. The Labute approximate surface area is 163 Å². The zero-order valence-electron chi connectivity index (χ0n) is 15.8. The van der Waals surface area contributed by atoms with Gasteiger partial charge in [-0.15, -0.1) is 0 Å². The topological polar surface area (TPSA) is 66.2 Å². The van der Waals surface area contributed by atoms with E-state index >= 15 is 0 Å². The lowest BCUT2D eigenvalue weighted by Gasteiger charge is -2.08. The first-order valence-electron chi connectivity index (χ1n) is 9.39. The molecule has 3 aromatic carbocycles. The van der Waals surface area contributed by atoms with Crippen LogP contribution in [-0.2, 0) is 11.3 Å².